The molecule has 0 aliphatic rings. The lowest BCUT2D eigenvalue weighted by Crippen LogP contribution is -2.15. The third-order valence-electron chi connectivity index (χ3n) is 1.81. The molecular weight excluding hydrogens is 246 g/mol. The zero-order valence-corrected chi connectivity index (χ0v) is 10.4. The number of thiocarbonyl (C=S) groups is 1. The number of pyridine rings is 1. The van der Waals surface area contributed by atoms with Gasteiger partial charge >= 0.3 is 0 Å². The number of nitrogens with zero attached hydrogens (tertiary/aromatic N) is 1. The molecule has 7 heteroatoms. The van der Waals surface area contributed by atoms with E-state index in [0.29, 0.717) is 12.2 Å². The highest BCUT2D eigenvalue weighted by atomic mass is 32.2. The molecular formula is C9H13N3O2S2. The summed E-state index contributed by atoms with van der Waals surface area (Å²) < 4.78 is 21.8. The van der Waals surface area contributed by atoms with Crippen molar-refractivity contribution in [2.24, 2.45) is 5.73 Å². The Kier molecular flexibility index (Phi) is 4.19. The fourth-order valence-electron chi connectivity index (χ4n) is 1.06. The Hall–Kier alpha value is -1.21. The Balaban J connectivity index is 2.61. The van der Waals surface area contributed by atoms with E-state index in [2.05, 4.69) is 10.3 Å². The average molecular weight is 259 g/mol. The number of hydrogen-bond donors (Lipinski definition) is 2. The first-order valence-corrected chi connectivity index (χ1v) is 7.03. The molecule has 16 heavy (non-hydrogen) atoms. The molecule has 0 unspecified atom stereocenters. The number of anilines is 1. The molecule has 1 rings (SSSR count). The number of nitrogens with one attached hydrogen (secondary N) is 1. The summed E-state index contributed by atoms with van der Waals surface area (Å²) in [5.74, 6) is 0.0811. The minimum atomic E-state index is -2.95. The van der Waals surface area contributed by atoms with Crippen LogP contribution in [0.1, 0.15) is 5.69 Å². The Morgan fingerprint density at radius 1 is 1.62 bits per heavy atom. The highest BCUT2D eigenvalue weighted by molar-refractivity contribution is 7.90. The summed E-state index contributed by atoms with van der Waals surface area (Å²) in [6.07, 6.45) is 2.76. The van der Waals surface area contributed by atoms with Gasteiger partial charge in [0.1, 0.15) is 14.8 Å². The maximum absolute atomic E-state index is 10.9. The Morgan fingerprint density at radius 2 is 2.31 bits per heavy atom. The molecule has 0 aliphatic heterocycles. The first-order chi connectivity index (χ1) is 7.38. The molecule has 1 aromatic rings. The standard InChI is InChI=1S/C9H13N3O2S2/c1-16(13,14)5-4-11-7-2-3-12-8(6-7)9(10)15/h2-3,6H,4-5H2,1H3,(H2,10,15)(H,11,12). The molecule has 0 aliphatic carbocycles. The van der Waals surface area contributed by atoms with E-state index in [1.54, 1.807) is 18.3 Å². The van der Waals surface area contributed by atoms with E-state index in [1.165, 1.54) is 6.26 Å². The van der Waals surface area contributed by atoms with Crippen LogP contribution in [-0.4, -0.2) is 36.9 Å². The van der Waals surface area contributed by atoms with Gasteiger partial charge in [0, 0.05) is 24.7 Å². The molecule has 3 N–H and O–H groups in total. The Morgan fingerprint density at radius 3 is 2.88 bits per heavy atom. The van der Waals surface area contributed by atoms with Crippen molar-refractivity contribution in [1.29, 1.82) is 0 Å². The fraction of sp³-hybridized carbons (Fsp3) is 0.333. The van der Waals surface area contributed by atoms with Crippen molar-refractivity contribution in [1.82, 2.24) is 4.98 Å². The van der Waals surface area contributed by atoms with Crippen molar-refractivity contribution in [3.8, 4) is 0 Å². The van der Waals surface area contributed by atoms with Crippen LogP contribution in [0.2, 0.25) is 0 Å². The normalized spacial score (nSPS) is 11.1. The largest absolute Gasteiger partial charge is 0.388 e. The highest BCUT2D eigenvalue weighted by Crippen LogP contribution is 2.07. The predicted molar refractivity (Wildman–Crippen MR) is 68.3 cm³/mol. The van der Waals surface area contributed by atoms with Gasteiger partial charge in [0.25, 0.3) is 0 Å². The van der Waals surface area contributed by atoms with Gasteiger partial charge in [-0.05, 0) is 12.1 Å². The predicted octanol–water partition coefficient (Wildman–Crippen LogP) is 0.172. The molecule has 5 nitrogen and oxygen atoms in total. The summed E-state index contributed by atoms with van der Waals surface area (Å²) >= 11 is 4.79. The molecule has 0 radical (unpaired) electrons. The second-order valence-electron chi connectivity index (χ2n) is 3.35. The molecule has 0 aromatic carbocycles. The van der Waals surface area contributed by atoms with E-state index in [1.807, 2.05) is 0 Å². The van der Waals surface area contributed by atoms with Crippen molar-refractivity contribution >= 4 is 32.7 Å². The summed E-state index contributed by atoms with van der Waals surface area (Å²) in [5.41, 5.74) is 6.69. The van der Waals surface area contributed by atoms with Crippen molar-refractivity contribution in [3.63, 3.8) is 0 Å². The van der Waals surface area contributed by atoms with E-state index in [9.17, 15) is 8.42 Å². The molecule has 1 heterocycles. The molecule has 0 amide bonds. The summed E-state index contributed by atoms with van der Waals surface area (Å²) in [6.45, 7) is 0.347. The monoisotopic (exact) mass is 259 g/mol. The second-order valence-corrected chi connectivity index (χ2v) is 6.05. The summed E-state index contributed by atoms with van der Waals surface area (Å²) in [4.78, 5) is 4.19. The van der Waals surface area contributed by atoms with Crippen LogP contribution >= 0.6 is 12.2 Å². The number of hydrogen-bond acceptors (Lipinski definition) is 5. The van der Waals surface area contributed by atoms with E-state index in [4.69, 9.17) is 18.0 Å². The number of aromatic nitrogens is 1. The molecule has 0 fully saturated rings. The van der Waals surface area contributed by atoms with Crippen molar-refractivity contribution in [2.45, 2.75) is 0 Å². The van der Waals surface area contributed by atoms with Crippen molar-refractivity contribution in [2.75, 3.05) is 23.9 Å². The van der Waals surface area contributed by atoms with Gasteiger partial charge in [-0.15, -0.1) is 0 Å². The van der Waals surface area contributed by atoms with Crippen LogP contribution in [0, 0.1) is 0 Å². The molecule has 0 bridgehead atoms. The fourth-order valence-corrected chi connectivity index (χ4v) is 1.64. The van der Waals surface area contributed by atoms with Gasteiger partial charge in [-0.2, -0.15) is 0 Å². The van der Waals surface area contributed by atoms with Crippen LogP contribution in [0.5, 0.6) is 0 Å². The lowest BCUT2D eigenvalue weighted by atomic mass is 10.3. The second kappa shape index (κ2) is 5.22. The molecule has 0 atom stereocenters. The maximum Gasteiger partial charge on any atom is 0.149 e. The van der Waals surface area contributed by atoms with Gasteiger partial charge in [0.2, 0.25) is 0 Å². The summed E-state index contributed by atoms with van der Waals surface area (Å²) in [7, 11) is -2.95. The van der Waals surface area contributed by atoms with E-state index in [0.717, 1.165) is 5.69 Å². The lowest BCUT2D eigenvalue weighted by molar-refractivity contribution is 0.602. The minimum Gasteiger partial charge on any atom is -0.388 e. The van der Waals surface area contributed by atoms with Crippen LogP contribution in [0.4, 0.5) is 5.69 Å². The van der Waals surface area contributed by atoms with Crippen LogP contribution in [-0.2, 0) is 9.84 Å². The number of sulfone groups is 1. The lowest BCUT2D eigenvalue weighted by Gasteiger charge is -2.06. The summed E-state index contributed by atoms with van der Waals surface area (Å²) in [5, 5.41) is 2.96. The molecule has 0 saturated carbocycles. The van der Waals surface area contributed by atoms with Gasteiger partial charge < -0.3 is 11.1 Å². The minimum absolute atomic E-state index is 0.0811. The Bertz CT molecular complexity index is 485. The first-order valence-electron chi connectivity index (χ1n) is 4.56. The van der Waals surface area contributed by atoms with Gasteiger partial charge in [-0.25, -0.2) is 8.42 Å². The quantitative estimate of drug-likeness (QED) is 0.733. The smallest absolute Gasteiger partial charge is 0.149 e. The SMILES string of the molecule is CS(=O)(=O)CCNc1ccnc(C(N)=S)c1. The molecule has 1 aromatic heterocycles. The third kappa shape index (κ3) is 4.54. The van der Waals surface area contributed by atoms with E-state index < -0.39 is 9.84 Å². The van der Waals surface area contributed by atoms with Crippen molar-refractivity contribution in [3.05, 3.63) is 24.0 Å². The van der Waals surface area contributed by atoms with Crippen LogP contribution < -0.4 is 11.1 Å². The van der Waals surface area contributed by atoms with Crippen molar-refractivity contribution < 1.29 is 8.42 Å². The molecule has 0 saturated heterocycles. The number of rotatable bonds is 5. The third-order valence-corrected chi connectivity index (χ3v) is 2.97. The van der Waals surface area contributed by atoms with E-state index in [-0.39, 0.29) is 10.7 Å². The number of nitrogens with two attached hydrogens (primary N) is 1. The maximum atomic E-state index is 10.9. The van der Waals surface area contributed by atoms with Gasteiger partial charge in [0.15, 0.2) is 0 Å². The zero-order chi connectivity index (χ0) is 12.2. The van der Waals surface area contributed by atoms with Gasteiger partial charge in [0.05, 0.1) is 11.4 Å². The summed E-state index contributed by atoms with van der Waals surface area (Å²) in [6, 6.07) is 3.41. The highest BCUT2D eigenvalue weighted by Gasteiger charge is 2.02. The Labute approximate surface area is 100.0 Å². The first kappa shape index (κ1) is 12.9. The molecule has 88 valence electrons. The molecule has 0 spiro atoms. The van der Waals surface area contributed by atoms with Gasteiger partial charge in [-0.1, -0.05) is 12.2 Å². The van der Waals surface area contributed by atoms with Crippen LogP contribution in [0.15, 0.2) is 18.3 Å². The zero-order valence-electron chi connectivity index (χ0n) is 8.80. The van der Waals surface area contributed by atoms with Gasteiger partial charge in [-0.3, -0.25) is 4.98 Å². The van der Waals surface area contributed by atoms with E-state index >= 15 is 0 Å². The average Bonchev–Trinajstić information content (AvgIpc) is 2.16. The van der Waals surface area contributed by atoms with Crippen LogP contribution in [0.25, 0.3) is 0 Å². The topological polar surface area (TPSA) is 85.1 Å². The van der Waals surface area contributed by atoms with Crippen LogP contribution in [0.3, 0.4) is 0 Å².